The van der Waals surface area contributed by atoms with Crippen molar-refractivity contribution in [3.05, 3.63) is 88.9 Å². The van der Waals surface area contributed by atoms with Crippen LogP contribution in [0, 0.1) is 11.3 Å². The summed E-state index contributed by atoms with van der Waals surface area (Å²) < 4.78 is 11.9. The van der Waals surface area contributed by atoms with Gasteiger partial charge in [0, 0.05) is 0 Å². The summed E-state index contributed by atoms with van der Waals surface area (Å²) >= 11 is 1.46. The molecule has 0 bridgehead atoms. The second-order valence-corrected chi connectivity index (χ2v) is 7.35. The molecule has 0 aliphatic rings. The van der Waals surface area contributed by atoms with Crippen molar-refractivity contribution in [1.29, 1.82) is 5.26 Å². The number of esters is 1. The third-order valence-corrected chi connectivity index (χ3v) is 5.43. The summed E-state index contributed by atoms with van der Waals surface area (Å²) in [5.41, 5.74) is 2.42. The number of carbonyl (C=O) groups is 1. The van der Waals surface area contributed by atoms with Gasteiger partial charge in [-0.1, -0.05) is 36.4 Å². The average Bonchev–Trinajstić information content (AvgIpc) is 3.22. The molecule has 1 heterocycles. The molecule has 3 aromatic carbocycles. The van der Waals surface area contributed by atoms with E-state index in [4.69, 9.17) is 9.47 Å². The fraction of sp³-hybridized carbons (Fsp3) is 0.0417. The lowest BCUT2D eigenvalue weighted by atomic mass is 10.1. The van der Waals surface area contributed by atoms with Crippen LogP contribution in [0.25, 0.3) is 21.9 Å². The lowest BCUT2D eigenvalue weighted by molar-refractivity contribution is 0.0729. The van der Waals surface area contributed by atoms with Crippen LogP contribution in [0.5, 0.6) is 11.5 Å². The molecule has 0 saturated heterocycles. The van der Waals surface area contributed by atoms with Crippen LogP contribution in [0.3, 0.4) is 0 Å². The van der Waals surface area contributed by atoms with Crippen LogP contribution in [0.4, 0.5) is 0 Å². The summed E-state index contributed by atoms with van der Waals surface area (Å²) in [6, 6.07) is 23.8. The number of nitrogens with zero attached hydrogens (tertiary/aromatic N) is 2. The smallest absolute Gasteiger partial charge is 0.343 e. The molecule has 0 amide bonds. The van der Waals surface area contributed by atoms with E-state index in [1.54, 1.807) is 48.5 Å². The van der Waals surface area contributed by atoms with E-state index >= 15 is 0 Å². The molecule has 0 aliphatic heterocycles. The molecule has 146 valence electrons. The van der Waals surface area contributed by atoms with E-state index in [-0.39, 0.29) is 5.75 Å². The van der Waals surface area contributed by atoms with E-state index in [0.29, 0.717) is 27.5 Å². The van der Waals surface area contributed by atoms with Crippen molar-refractivity contribution in [1.82, 2.24) is 4.98 Å². The van der Waals surface area contributed by atoms with Crippen molar-refractivity contribution in [2.45, 2.75) is 0 Å². The molecule has 4 aromatic rings. The zero-order chi connectivity index (χ0) is 20.9. The summed E-state index contributed by atoms with van der Waals surface area (Å²) in [6.45, 7) is 0. The topological polar surface area (TPSA) is 72.2 Å². The van der Waals surface area contributed by atoms with E-state index in [9.17, 15) is 10.1 Å². The number of para-hydroxylation sites is 1. The molecule has 0 saturated carbocycles. The highest BCUT2D eigenvalue weighted by atomic mass is 32.1. The monoisotopic (exact) mass is 412 g/mol. The lowest BCUT2D eigenvalue weighted by Gasteiger charge is -2.10. The molecule has 0 N–H and O–H groups in total. The maximum absolute atomic E-state index is 12.4. The van der Waals surface area contributed by atoms with Crippen molar-refractivity contribution >= 4 is 39.2 Å². The number of ether oxygens (including phenoxy) is 2. The number of fused-ring (bicyclic) bond motifs is 1. The first-order valence-electron chi connectivity index (χ1n) is 9.11. The van der Waals surface area contributed by atoms with E-state index < -0.39 is 5.97 Å². The van der Waals surface area contributed by atoms with Gasteiger partial charge >= 0.3 is 5.97 Å². The number of rotatable bonds is 5. The van der Waals surface area contributed by atoms with Crippen molar-refractivity contribution < 1.29 is 14.3 Å². The van der Waals surface area contributed by atoms with Gasteiger partial charge in [0.2, 0.25) is 0 Å². The highest BCUT2D eigenvalue weighted by molar-refractivity contribution is 7.19. The number of methoxy groups -OCH3 is 1. The SMILES string of the molecule is COc1ccc(/C=C(\C#N)c2nc3ccccc3s2)cc1OC(=O)c1ccccc1. The largest absolute Gasteiger partial charge is 0.493 e. The predicted octanol–water partition coefficient (Wildman–Crippen LogP) is 5.59. The first-order valence-corrected chi connectivity index (χ1v) is 9.92. The second kappa shape index (κ2) is 8.60. The van der Waals surface area contributed by atoms with E-state index in [0.717, 1.165) is 10.2 Å². The molecular formula is C24H16N2O3S. The quantitative estimate of drug-likeness (QED) is 0.243. The van der Waals surface area contributed by atoms with Gasteiger partial charge in [0.25, 0.3) is 0 Å². The van der Waals surface area contributed by atoms with Gasteiger partial charge in [-0.3, -0.25) is 0 Å². The summed E-state index contributed by atoms with van der Waals surface area (Å²) in [5.74, 6) is 0.221. The predicted molar refractivity (Wildman–Crippen MR) is 117 cm³/mol. The molecule has 0 atom stereocenters. The fourth-order valence-electron chi connectivity index (χ4n) is 2.89. The van der Waals surface area contributed by atoms with Crippen molar-refractivity contribution in [3.8, 4) is 17.6 Å². The first-order chi connectivity index (χ1) is 14.7. The molecule has 1 aromatic heterocycles. The molecule has 0 unspecified atom stereocenters. The molecule has 4 rings (SSSR count). The molecule has 5 nitrogen and oxygen atoms in total. The van der Waals surface area contributed by atoms with Gasteiger partial charge in [-0.2, -0.15) is 5.26 Å². The van der Waals surface area contributed by atoms with Crippen molar-refractivity contribution in [2.75, 3.05) is 7.11 Å². The maximum atomic E-state index is 12.4. The maximum Gasteiger partial charge on any atom is 0.343 e. The zero-order valence-corrected chi connectivity index (χ0v) is 16.8. The van der Waals surface area contributed by atoms with Crippen LogP contribution in [0.15, 0.2) is 72.8 Å². The van der Waals surface area contributed by atoms with Gasteiger partial charge < -0.3 is 9.47 Å². The van der Waals surface area contributed by atoms with Crippen molar-refractivity contribution in [2.24, 2.45) is 0 Å². The van der Waals surface area contributed by atoms with Gasteiger partial charge in [0.15, 0.2) is 11.5 Å². The number of hydrogen-bond acceptors (Lipinski definition) is 6. The molecule has 0 aliphatic carbocycles. The molecular weight excluding hydrogens is 396 g/mol. The Hall–Kier alpha value is -3.95. The van der Waals surface area contributed by atoms with Crippen LogP contribution in [0.2, 0.25) is 0 Å². The Morgan fingerprint density at radius 2 is 1.80 bits per heavy atom. The van der Waals surface area contributed by atoms with Gasteiger partial charge in [0.1, 0.15) is 11.1 Å². The Morgan fingerprint density at radius 1 is 1.03 bits per heavy atom. The number of benzene rings is 3. The number of hydrogen-bond donors (Lipinski definition) is 0. The number of thiazole rings is 1. The highest BCUT2D eigenvalue weighted by Crippen LogP contribution is 2.32. The number of allylic oxidation sites excluding steroid dienone is 1. The summed E-state index contributed by atoms with van der Waals surface area (Å²) in [5, 5.41) is 10.3. The second-order valence-electron chi connectivity index (χ2n) is 6.32. The van der Waals surface area contributed by atoms with Gasteiger partial charge in [-0.15, -0.1) is 11.3 Å². The van der Waals surface area contributed by atoms with Gasteiger partial charge in [0.05, 0.1) is 28.5 Å². The molecule has 0 fully saturated rings. The summed E-state index contributed by atoms with van der Waals surface area (Å²) in [7, 11) is 1.51. The van der Waals surface area contributed by atoms with E-state index in [2.05, 4.69) is 11.1 Å². The van der Waals surface area contributed by atoms with Crippen LogP contribution < -0.4 is 9.47 Å². The Kier molecular flexibility index (Phi) is 5.55. The molecule has 6 heteroatoms. The van der Waals surface area contributed by atoms with Gasteiger partial charge in [-0.05, 0) is 48.0 Å². The Morgan fingerprint density at radius 3 is 2.53 bits per heavy atom. The number of nitriles is 1. The number of aromatic nitrogens is 1. The zero-order valence-electron chi connectivity index (χ0n) is 16.0. The molecule has 0 spiro atoms. The average molecular weight is 412 g/mol. The standard InChI is InChI=1S/C24H16N2O3S/c1-28-20-12-11-16(14-21(20)29-24(27)17-7-3-2-4-8-17)13-18(15-25)23-26-19-9-5-6-10-22(19)30-23/h2-14H,1H3/b18-13+. The minimum atomic E-state index is -0.485. The lowest BCUT2D eigenvalue weighted by Crippen LogP contribution is -2.09. The van der Waals surface area contributed by atoms with Crippen molar-refractivity contribution in [3.63, 3.8) is 0 Å². The van der Waals surface area contributed by atoms with E-state index in [1.807, 2.05) is 30.3 Å². The third kappa shape index (κ3) is 4.07. The molecule has 0 radical (unpaired) electrons. The van der Waals surface area contributed by atoms with Crippen LogP contribution >= 0.6 is 11.3 Å². The first kappa shape index (κ1) is 19.4. The van der Waals surface area contributed by atoms with Gasteiger partial charge in [-0.25, -0.2) is 9.78 Å². The summed E-state index contributed by atoms with van der Waals surface area (Å²) in [6.07, 6.45) is 1.72. The van der Waals surface area contributed by atoms with E-state index in [1.165, 1.54) is 18.4 Å². The highest BCUT2D eigenvalue weighted by Gasteiger charge is 2.14. The van der Waals surface area contributed by atoms with Crippen LogP contribution in [-0.2, 0) is 0 Å². The Labute approximate surface area is 177 Å². The number of carbonyl (C=O) groups excluding carboxylic acids is 1. The third-order valence-electron chi connectivity index (χ3n) is 4.36. The van der Waals surface area contributed by atoms with Crippen LogP contribution in [-0.4, -0.2) is 18.1 Å². The Bertz CT molecular complexity index is 1250. The summed E-state index contributed by atoms with van der Waals surface area (Å²) in [4.78, 5) is 17.0. The fourth-order valence-corrected chi connectivity index (χ4v) is 3.82. The minimum absolute atomic E-state index is 0.279. The molecule has 30 heavy (non-hydrogen) atoms. The Balaban J connectivity index is 1.67. The minimum Gasteiger partial charge on any atom is -0.493 e. The normalized spacial score (nSPS) is 11.1. The van der Waals surface area contributed by atoms with Crippen LogP contribution in [0.1, 0.15) is 20.9 Å².